The van der Waals surface area contributed by atoms with Gasteiger partial charge in [0.05, 0.1) is 15.5 Å². The summed E-state index contributed by atoms with van der Waals surface area (Å²) in [7, 11) is 0. The second-order valence-corrected chi connectivity index (χ2v) is 4.32. The molecule has 0 amide bonds. The van der Waals surface area contributed by atoms with Crippen LogP contribution in [0.1, 0.15) is 6.92 Å². The Balaban J connectivity index is 2.78. The Labute approximate surface area is 117 Å². The Morgan fingerprint density at radius 1 is 1.58 bits per heavy atom. The number of nitro groups is 1. The third-order valence-electron chi connectivity index (χ3n) is 2.16. The van der Waals surface area contributed by atoms with Crippen LogP contribution in [0.4, 0.5) is 5.69 Å². The highest BCUT2D eigenvalue weighted by atomic mass is 79.9. The largest absolute Gasteiger partial charge is 0.489 e. The molecule has 0 fully saturated rings. The lowest BCUT2D eigenvalue weighted by molar-refractivity contribution is -0.385. The van der Waals surface area contributed by atoms with Gasteiger partial charge in [0.1, 0.15) is 12.4 Å². The van der Waals surface area contributed by atoms with Gasteiger partial charge in [-0.05, 0) is 28.9 Å². The molecule has 1 aromatic rings. The zero-order valence-corrected chi connectivity index (χ0v) is 11.6. The number of carbonyl (C=O) groups is 1. The van der Waals surface area contributed by atoms with Gasteiger partial charge >= 0.3 is 5.97 Å². The molecule has 104 valence electrons. The normalized spacial score (nSPS) is 11.9. The van der Waals surface area contributed by atoms with Crippen LogP contribution in [-0.2, 0) is 9.53 Å². The number of nitro benzene ring substituents is 1. The summed E-state index contributed by atoms with van der Waals surface area (Å²) in [5, 5.41) is 19.5. The van der Waals surface area contributed by atoms with Crippen LogP contribution in [0, 0.1) is 10.1 Å². The lowest BCUT2D eigenvalue weighted by Gasteiger charge is -2.14. The Bertz CT molecular complexity index is 478. The van der Waals surface area contributed by atoms with Crippen molar-refractivity contribution >= 4 is 27.6 Å². The molecule has 0 radical (unpaired) electrons. The SMILES string of the molecule is CCOC(COc1cc([N+](=O)[O-])ccc1Br)C(=O)O. The zero-order valence-electron chi connectivity index (χ0n) is 10.0. The molecular weight excluding hydrogens is 322 g/mol. The highest BCUT2D eigenvalue weighted by Crippen LogP contribution is 2.29. The smallest absolute Gasteiger partial charge is 0.336 e. The maximum absolute atomic E-state index is 10.8. The van der Waals surface area contributed by atoms with Crippen LogP contribution in [0.2, 0.25) is 0 Å². The lowest BCUT2D eigenvalue weighted by atomic mass is 10.3. The van der Waals surface area contributed by atoms with Crippen LogP contribution in [0.3, 0.4) is 0 Å². The second kappa shape index (κ2) is 7.05. The molecule has 0 saturated carbocycles. The molecule has 0 heterocycles. The van der Waals surface area contributed by atoms with Gasteiger partial charge in [-0.3, -0.25) is 10.1 Å². The van der Waals surface area contributed by atoms with Gasteiger partial charge in [-0.1, -0.05) is 0 Å². The van der Waals surface area contributed by atoms with Crippen LogP contribution in [-0.4, -0.2) is 35.3 Å². The summed E-state index contributed by atoms with van der Waals surface area (Å²) in [4.78, 5) is 20.9. The molecule has 1 unspecified atom stereocenters. The Hall–Kier alpha value is -1.67. The van der Waals surface area contributed by atoms with Crippen molar-refractivity contribution in [2.24, 2.45) is 0 Å². The fourth-order valence-corrected chi connectivity index (χ4v) is 1.63. The Morgan fingerprint density at radius 2 is 2.26 bits per heavy atom. The molecule has 0 spiro atoms. The minimum atomic E-state index is -1.15. The third kappa shape index (κ3) is 4.49. The summed E-state index contributed by atoms with van der Waals surface area (Å²) in [6.07, 6.45) is -1.11. The van der Waals surface area contributed by atoms with Gasteiger partial charge in [-0.25, -0.2) is 4.79 Å². The number of carboxylic acid groups (broad SMARTS) is 1. The number of carboxylic acids is 1. The van der Waals surface area contributed by atoms with Crippen molar-refractivity contribution in [2.45, 2.75) is 13.0 Å². The monoisotopic (exact) mass is 333 g/mol. The van der Waals surface area contributed by atoms with E-state index in [1.165, 1.54) is 18.2 Å². The van der Waals surface area contributed by atoms with E-state index < -0.39 is 17.0 Å². The minimum absolute atomic E-state index is 0.138. The van der Waals surface area contributed by atoms with E-state index in [0.717, 1.165) is 0 Å². The van der Waals surface area contributed by atoms with Gasteiger partial charge in [0.25, 0.3) is 5.69 Å². The van der Waals surface area contributed by atoms with Gasteiger partial charge in [-0.15, -0.1) is 0 Å². The number of aliphatic carboxylic acids is 1. The van der Waals surface area contributed by atoms with Crippen molar-refractivity contribution < 1.29 is 24.3 Å². The number of halogens is 1. The topological polar surface area (TPSA) is 98.9 Å². The molecule has 19 heavy (non-hydrogen) atoms. The zero-order chi connectivity index (χ0) is 14.4. The first kappa shape index (κ1) is 15.4. The van der Waals surface area contributed by atoms with E-state index in [1.807, 2.05) is 0 Å². The first-order valence-electron chi connectivity index (χ1n) is 5.36. The molecule has 1 N–H and O–H groups in total. The average Bonchev–Trinajstić information content (AvgIpc) is 2.35. The maximum Gasteiger partial charge on any atom is 0.336 e. The number of nitrogens with zero attached hydrogens (tertiary/aromatic N) is 1. The summed E-state index contributed by atoms with van der Waals surface area (Å²) in [6.45, 7) is 1.67. The molecule has 0 aliphatic carbocycles. The predicted molar refractivity (Wildman–Crippen MR) is 69.3 cm³/mol. The van der Waals surface area contributed by atoms with E-state index in [-0.39, 0.29) is 24.7 Å². The summed E-state index contributed by atoms with van der Waals surface area (Å²) < 4.78 is 10.7. The van der Waals surface area contributed by atoms with E-state index in [1.54, 1.807) is 6.92 Å². The Morgan fingerprint density at radius 3 is 2.79 bits per heavy atom. The summed E-state index contributed by atoms with van der Waals surface area (Å²) in [5.74, 6) is -0.955. The number of non-ortho nitro benzene ring substituents is 1. The summed E-state index contributed by atoms with van der Waals surface area (Å²) in [6, 6.07) is 3.99. The summed E-state index contributed by atoms with van der Waals surface area (Å²) in [5.41, 5.74) is -0.138. The molecule has 7 nitrogen and oxygen atoms in total. The number of hydrogen-bond donors (Lipinski definition) is 1. The highest BCUT2D eigenvalue weighted by molar-refractivity contribution is 9.10. The number of benzene rings is 1. The van der Waals surface area contributed by atoms with Crippen molar-refractivity contribution in [3.8, 4) is 5.75 Å². The molecular formula is C11H12BrNO6. The van der Waals surface area contributed by atoms with Crippen LogP contribution in [0.25, 0.3) is 0 Å². The van der Waals surface area contributed by atoms with Gasteiger partial charge in [-0.2, -0.15) is 0 Å². The van der Waals surface area contributed by atoms with E-state index in [2.05, 4.69) is 15.9 Å². The molecule has 0 aromatic heterocycles. The van der Waals surface area contributed by atoms with E-state index in [9.17, 15) is 14.9 Å². The quantitative estimate of drug-likeness (QED) is 0.606. The van der Waals surface area contributed by atoms with Crippen molar-refractivity contribution in [2.75, 3.05) is 13.2 Å². The lowest BCUT2D eigenvalue weighted by Crippen LogP contribution is -2.30. The number of hydrogen-bond acceptors (Lipinski definition) is 5. The summed E-state index contributed by atoms with van der Waals surface area (Å²) >= 11 is 3.17. The number of ether oxygens (including phenoxy) is 2. The van der Waals surface area contributed by atoms with Gasteiger partial charge in [0.2, 0.25) is 0 Å². The van der Waals surface area contributed by atoms with Gasteiger partial charge in [0.15, 0.2) is 6.10 Å². The number of rotatable bonds is 7. The molecule has 1 atom stereocenters. The fraction of sp³-hybridized carbons (Fsp3) is 0.364. The Kier molecular flexibility index (Phi) is 5.71. The van der Waals surface area contributed by atoms with Crippen LogP contribution in [0.5, 0.6) is 5.75 Å². The first-order chi connectivity index (χ1) is 8.95. The molecule has 1 aromatic carbocycles. The molecule has 0 aliphatic heterocycles. The van der Waals surface area contributed by atoms with Crippen molar-refractivity contribution in [3.05, 3.63) is 32.8 Å². The average molecular weight is 334 g/mol. The van der Waals surface area contributed by atoms with Crippen molar-refractivity contribution in [1.82, 2.24) is 0 Å². The van der Waals surface area contributed by atoms with Crippen LogP contribution < -0.4 is 4.74 Å². The second-order valence-electron chi connectivity index (χ2n) is 3.47. The van der Waals surface area contributed by atoms with Crippen molar-refractivity contribution in [1.29, 1.82) is 0 Å². The molecule has 8 heteroatoms. The third-order valence-corrected chi connectivity index (χ3v) is 2.81. The minimum Gasteiger partial charge on any atom is -0.489 e. The van der Waals surface area contributed by atoms with Crippen molar-refractivity contribution in [3.63, 3.8) is 0 Å². The van der Waals surface area contributed by atoms with E-state index in [0.29, 0.717) is 4.47 Å². The predicted octanol–water partition coefficient (Wildman–Crippen LogP) is 2.23. The molecule has 0 bridgehead atoms. The van der Waals surface area contributed by atoms with E-state index >= 15 is 0 Å². The standard InChI is InChI=1S/C11H12BrNO6/c1-2-18-10(11(14)15)6-19-9-5-7(13(16)17)3-4-8(9)12/h3-5,10H,2,6H2,1H3,(H,14,15). The van der Waals surface area contributed by atoms with Crippen LogP contribution in [0.15, 0.2) is 22.7 Å². The fourth-order valence-electron chi connectivity index (χ4n) is 1.27. The molecule has 1 rings (SSSR count). The van der Waals surface area contributed by atoms with Gasteiger partial charge < -0.3 is 14.6 Å². The van der Waals surface area contributed by atoms with Gasteiger partial charge in [0, 0.05) is 12.7 Å². The molecule has 0 saturated heterocycles. The van der Waals surface area contributed by atoms with Crippen LogP contribution >= 0.6 is 15.9 Å². The van der Waals surface area contributed by atoms with E-state index in [4.69, 9.17) is 14.6 Å². The maximum atomic E-state index is 10.8. The molecule has 0 aliphatic rings. The first-order valence-corrected chi connectivity index (χ1v) is 6.16. The highest BCUT2D eigenvalue weighted by Gasteiger charge is 2.19.